The lowest BCUT2D eigenvalue weighted by molar-refractivity contribution is 0.496. The van der Waals surface area contributed by atoms with Gasteiger partial charge in [0.15, 0.2) is 5.65 Å². The first-order valence-corrected chi connectivity index (χ1v) is 12.1. The minimum Gasteiger partial charge on any atom is -0.369 e. The van der Waals surface area contributed by atoms with E-state index in [0.717, 1.165) is 47.7 Å². The van der Waals surface area contributed by atoms with Crippen LogP contribution in [0.3, 0.4) is 0 Å². The summed E-state index contributed by atoms with van der Waals surface area (Å²) in [5.74, 6) is 1.50. The summed E-state index contributed by atoms with van der Waals surface area (Å²) in [7, 11) is 0. The monoisotopic (exact) mass is 477 g/mol. The molecule has 0 aliphatic carbocycles. The van der Waals surface area contributed by atoms with E-state index < -0.39 is 0 Å². The van der Waals surface area contributed by atoms with Crippen LogP contribution in [0.1, 0.15) is 36.1 Å². The lowest BCUT2D eigenvalue weighted by Crippen LogP contribution is -2.18. The van der Waals surface area contributed by atoms with Crippen molar-refractivity contribution in [1.29, 1.82) is 0 Å². The molecule has 1 fully saturated rings. The number of halogens is 1. The smallest absolute Gasteiger partial charge is 0.248 e. The lowest BCUT2D eigenvalue weighted by atomic mass is 10.0. The zero-order chi connectivity index (χ0) is 23.3. The first-order chi connectivity index (χ1) is 16.6. The van der Waals surface area contributed by atoms with Crippen LogP contribution in [0, 0.1) is 5.92 Å². The van der Waals surface area contributed by atoms with Crippen LogP contribution in [0.2, 0.25) is 5.02 Å². The molecule has 34 heavy (non-hydrogen) atoms. The highest BCUT2D eigenvalue weighted by atomic mass is 35.5. The van der Waals surface area contributed by atoms with Gasteiger partial charge < -0.3 is 15.6 Å². The van der Waals surface area contributed by atoms with E-state index in [1.54, 1.807) is 12.4 Å². The molecule has 1 unspecified atom stereocenters. The van der Waals surface area contributed by atoms with Gasteiger partial charge in [-0.3, -0.25) is 9.48 Å². The Morgan fingerprint density at radius 2 is 1.91 bits per heavy atom. The molecule has 9 heteroatoms. The van der Waals surface area contributed by atoms with Gasteiger partial charge in [0.25, 0.3) is 0 Å². The molecule has 3 aromatic heterocycles. The van der Waals surface area contributed by atoms with Gasteiger partial charge in [0.2, 0.25) is 5.56 Å². The van der Waals surface area contributed by atoms with Gasteiger partial charge in [-0.2, -0.15) is 5.10 Å². The van der Waals surface area contributed by atoms with Gasteiger partial charge in [-0.15, -0.1) is 0 Å². The fourth-order valence-electron chi connectivity index (χ4n) is 4.42. The number of aromatic amines is 1. The van der Waals surface area contributed by atoms with Crippen LogP contribution in [-0.4, -0.2) is 44.4 Å². The van der Waals surface area contributed by atoms with E-state index in [-0.39, 0.29) is 5.56 Å². The molecule has 0 bridgehead atoms. The van der Waals surface area contributed by atoms with Crippen molar-refractivity contribution >= 4 is 28.5 Å². The van der Waals surface area contributed by atoms with Crippen LogP contribution in [0.4, 0.5) is 5.82 Å². The topological polar surface area (TPSA) is 101 Å². The van der Waals surface area contributed by atoms with E-state index in [1.165, 1.54) is 25.3 Å². The normalized spacial score (nSPS) is 16.4. The van der Waals surface area contributed by atoms with Gasteiger partial charge in [0.05, 0.1) is 17.0 Å². The molecular formula is C25H28ClN7O. The van der Waals surface area contributed by atoms with Crippen LogP contribution in [0.15, 0.2) is 53.7 Å². The molecule has 0 amide bonds. The first kappa shape index (κ1) is 22.6. The Morgan fingerprint density at radius 1 is 1.06 bits per heavy atom. The fraction of sp³-hybridized carbons (Fsp3) is 0.360. The number of benzene rings is 1. The summed E-state index contributed by atoms with van der Waals surface area (Å²) < 4.78 is 1.90. The van der Waals surface area contributed by atoms with Crippen molar-refractivity contribution in [2.24, 2.45) is 5.92 Å². The Hall–Kier alpha value is -3.23. The highest BCUT2D eigenvalue weighted by Crippen LogP contribution is 2.21. The maximum Gasteiger partial charge on any atom is 0.248 e. The zero-order valence-corrected chi connectivity index (χ0v) is 19.7. The van der Waals surface area contributed by atoms with E-state index in [9.17, 15) is 4.79 Å². The molecule has 8 nitrogen and oxygen atoms in total. The number of pyridine rings is 1. The number of H-pyrrole nitrogens is 1. The summed E-state index contributed by atoms with van der Waals surface area (Å²) >= 11 is 6.21. The zero-order valence-electron chi connectivity index (χ0n) is 18.9. The predicted molar refractivity (Wildman–Crippen MR) is 134 cm³/mol. The third-order valence-corrected chi connectivity index (χ3v) is 6.66. The van der Waals surface area contributed by atoms with Gasteiger partial charge in [0.1, 0.15) is 12.1 Å². The van der Waals surface area contributed by atoms with Crippen LogP contribution >= 0.6 is 11.6 Å². The van der Waals surface area contributed by atoms with Crippen molar-refractivity contribution < 1.29 is 0 Å². The molecule has 4 aromatic rings. The molecule has 0 radical (unpaired) electrons. The van der Waals surface area contributed by atoms with E-state index in [2.05, 4.69) is 54.9 Å². The van der Waals surface area contributed by atoms with Crippen LogP contribution in [0.25, 0.3) is 11.0 Å². The van der Waals surface area contributed by atoms with Crippen LogP contribution < -0.4 is 16.2 Å². The Kier molecular flexibility index (Phi) is 6.87. The van der Waals surface area contributed by atoms with E-state index in [1.807, 2.05) is 10.9 Å². The summed E-state index contributed by atoms with van der Waals surface area (Å²) in [6.45, 7) is 3.74. The van der Waals surface area contributed by atoms with Crippen LogP contribution in [-0.2, 0) is 13.0 Å². The largest absolute Gasteiger partial charge is 0.369 e. The molecule has 3 N–H and O–H groups in total. The summed E-state index contributed by atoms with van der Waals surface area (Å²) in [6.07, 6.45) is 7.79. The average Bonchev–Trinajstić information content (AvgIpc) is 3.07. The van der Waals surface area contributed by atoms with Crippen molar-refractivity contribution in [2.75, 3.05) is 25.0 Å². The number of fused-ring (bicyclic) bond motifs is 1. The highest BCUT2D eigenvalue weighted by Gasteiger charge is 2.14. The lowest BCUT2D eigenvalue weighted by Gasteiger charge is -2.15. The highest BCUT2D eigenvalue weighted by molar-refractivity contribution is 6.31. The predicted octanol–water partition coefficient (Wildman–Crippen LogP) is 3.61. The molecule has 1 aromatic carbocycles. The van der Waals surface area contributed by atoms with E-state index >= 15 is 0 Å². The number of aromatic nitrogens is 5. The van der Waals surface area contributed by atoms with Crippen LogP contribution in [0.5, 0.6) is 0 Å². The van der Waals surface area contributed by atoms with Gasteiger partial charge in [-0.05, 0) is 55.5 Å². The second kappa shape index (κ2) is 10.4. The molecule has 1 saturated heterocycles. The second-order valence-corrected chi connectivity index (χ2v) is 9.26. The second-order valence-electron chi connectivity index (χ2n) is 8.86. The van der Waals surface area contributed by atoms with Crippen molar-refractivity contribution in [2.45, 2.75) is 32.2 Å². The van der Waals surface area contributed by atoms with Crippen molar-refractivity contribution in [1.82, 2.24) is 30.0 Å². The molecule has 1 atom stereocenters. The summed E-state index contributed by atoms with van der Waals surface area (Å²) in [5, 5.41) is 13.1. The summed E-state index contributed by atoms with van der Waals surface area (Å²) in [5.41, 5.74) is 3.46. The number of hydrogen-bond acceptors (Lipinski definition) is 6. The summed E-state index contributed by atoms with van der Waals surface area (Å²) in [6, 6.07) is 11.3. The number of anilines is 1. The molecule has 1 aliphatic rings. The minimum absolute atomic E-state index is 0.148. The van der Waals surface area contributed by atoms with Gasteiger partial charge >= 0.3 is 0 Å². The Labute approximate surface area is 202 Å². The Balaban J connectivity index is 1.26. The van der Waals surface area contributed by atoms with Crippen molar-refractivity contribution in [3.05, 3.63) is 81.1 Å². The number of rotatable bonds is 7. The van der Waals surface area contributed by atoms with E-state index in [4.69, 9.17) is 11.6 Å². The van der Waals surface area contributed by atoms with Gasteiger partial charge in [-0.25, -0.2) is 9.97 Å². The molecule has 5 rings (SSSR count). The fourth-order valence-corrected chi connectivity index (χ4v) is 4.60. The third kappa shape index (κ3) is 5.46. The minimum atomic E-state index is -0.148. The molecule has 1 aliphatic heterocycles. The Bertz CT molecular complexity index is 1310. The molecule has 4 heterocycles. The molecular weight excluding hydrogens is 450 g/mol. The first-order valence-electron chi connectivity index (χ1n) is 11.7. The molecule has 0 saturated carbocycles. The quantitative estimate of drug-likeness (QED) is 0.376. The number of nitrogens with one attached hydrogen (secondary N) is 3. The maximum atomic E-state index is 11.6. The third-order valence-electron chi connectivity index (χ3n) is 6.31. The van der Waals surface area contributed by atoms with Crippen molar-refractivity contribution in [3.63, 3.8) is 0 Å². The van der Waals surface area contributed by atoms with E-state index in [0.29, 0.717) is 29.6 Å². The average molecular weight is 478 g/mol. The molecule has 0 spiro atoms. The maximum absolute atomic E-state index is 11.6. The van der Waals surface area contributed by atoms with Gasteiger partial charge in [-0.1, -0.05) is 35.9 Å². The van der Waals surface area contributed by atoms with Gasteiger partial charge in [0, 0.05) is 30.9 Å². The number of nitrogens with zero attached hydrogens (tertiary/aromatic N) is 4. The summed E-state index contributed by atoms with van der Waals surface area (Å²) in [4.78, 5) is 23.2. The standard InChI is InChI=1S/C25H28ClN7O/c26-21-7-8-23(34)31-22(21)12-17-3-5-19(6-4-17)14-33-15-20-24(29-16-30-25(20)32-33)28-13-18-2-1-10-27-11-9-18/h3-8,15-16,18,27H,1-2,9-14H2,(H,31,34)(H,28,29,30,32). The van der Waals surface area contributed by atoms with Crippen molar-refractivity contribution in [3.8, 4) is 0 Å². The number of hydrogen-bond donors (Lipinski definition) is 3. The molecule has 176 valence electrons. The Morgan fingerprint density at radius 3 is 2.79 bits per heavy atom. The SMILES string of the molecule is O=c1ccc(Cl)c(Cc2ccc(Cn3cc4c(NCC5CCCNCC5)ncnc4n3)cc2)[nH]1.